The Morgan fingerprint density at radius 3 is 2.90 bits per heavy atom. The number of benzene rings is 2. The highest BCUT2D eigenvalue weighted by atomic mass is 79.9. The molecule has 110 valence electrons. The van der Waals surface area contributed by atoms with Crippen molar-refractivity contribution in [3.05, 3.63) is 58.3 Å². The van der Waals surface area contributed by atoms with Crippen molar-refractivity contribution in [2.24, 2.45) is 10.7 Å². The summed E-state index contributed by atoms with van der Waals surface area (Å²) in [6, 6.07) is 11.8. The van der Waals surface area contributed by atoms with E-state index in [9.17, 15) is 4.39 Å². The molecule has 0 saturated carbocycles. The third kappa shape index (κ3) is 4.46. The van der Waals surface area contributed by atoms with E-state index in [4.69, 9.17) is 10.5 Å². The minimum Gasteiger partial charge on any atom is -0.497 e. The zero-order chi connectivity index (χ0) is 15.2. The number of rotatable bonds is 4. The molecule has 0 aliphatic rings. The van der Waals surface area contributed by atoms with Crippen LogP contribution in [-0.2, 0) is 6.54 Å². The van der Waals surface area contributed by atoms with Crippen LogP contribution in [0.1, 0.15) is 5.56 Å². The van der Waals surface area contributed by atoms with Crippen LogP contribution in [-0.4, -0.2) is 13.1 Å². The van der Waals surface area contributed by atoms with E-state index in [1.165, 1.54) is 12.1 Å². The van der Waals surface area contributed by atoms with Gasteiger partial charge in [-0.3, -0.25) is 0 Å². The first-order valence-electron chi connectivity index (χ1n) is 6.23. The van der Waals surface area contributed by atoms with Gasteiger partial charge in [-0.25, -0.2) is 9.38 Å². The Kier molecular flexibility index (Phi) is 5.16. The van der Waals surface area contributed by atoms with Gasteiger partial charge in [-0.05, 0) is 35.9 Å². The second-order valence-corrected chi connectivity index (χ2v) is 5.15. The third-order valence-corrected chi connectivity index (χ3v) is 3.54. The van der Waals surface area contributed by atoms with E-state index < -0.39 is 0 Å². The van der Waals surface area contributed by atoms with Gasteiger partial charge in [-0.15, -0.1) is 0 Å². The molecule has 0 heterocycles. The van der Waals surface area contributed by atoms with Gasteiger partial charge in [0.25, 0.3) is 0 Å². The quantitative estimate of drug-likeness (QED) is 0.654. The summed E-state index contributed by atoms with van der Waals surface area (Å²) in [5.41, 5.74) is 7.32. The summed E-state index contributed by atoms with van der Waals surface area (Å²) in [7, 11) is 1.60. The van der Waals surface area contributed by atoms with Gasteiger partial charge in [0.2, 0.25) is 0 Å². The second-order valence-electron chi connectivity index (χ2n) is 4.29. The molecule has 2 rings (SSSR count). The van der Waals surface area contributed by atoms with Crippen LogP contribution in [0.4, 0.5) is 10.1 Å². The van der Waals surface area contributed by atoms with Crippen LogP contribution < -0.4 is 15.8 Å². The minimum atomic E-state index is -0.303. The standard InChI is InChI=1S/C15H15BrFN3O/c1-21-13-4-2-3-12(8-13)20-15(18)19-9-10-7-11(17)5-6-14(10)16/h2-8H,9H2,1H3,(H3,18,19,20). The first-order valence-corrected chi connectivity index (χ1v) is 7.02. The number of nitrogens with one attached hydrogen (secondary N) is 1. The molecule has 6 heteroatoms. The lowest BCUT2D eigenvalue weighted by Crippen LogP contribution is -2.22. The summed E-state index contributed by atoms with van der Waals surface area (Å²) in [6.07, 6.45) is 0. The second kappa shape index (κ2) is 7.08. The molecule has 0 amide bonds. The van der Waals surface area contributed by atoms with E-state index in [-0.39, 0.29) is 18.3 Å². The van der Waals surface area contributed by atoms with E-state index >= 15 is 0 Å². The molecule has 0 spiro atoms. The topological polar surface area (TPSA) is 59.6 Å². The molecule has 21 heavy (non-hydrogen) atoms. The summed E-state index contributed by atoms with van der Waals surface area (Å²) >= 11 is 3.35. The van der Waals surface area contributed by atoms with Crippen LogP contribution in [0, 0.1) is 5.82 Å². The van der Waals surface area contributed by atoms with Gasteiger partial charge in [0.1, 0.15) is 11.6 Å². The van der Waals surface area contributed by atoms with Crippen molar-refractivity contribution in [2.45, 2.75) is 6.54 Å². The first-order chi connectivity index (χ1) is 10.1. The van der Waals surface area contributed by atoms with E-state index in [0.29, 0.717) is 0 Å². The van der Waals surface area contributed by atoms with E-state index in [1.807, 2.05) is 18.2 Å². The number of hydrogen-bond donors (Lipinski definition) is 2. The molecule has 0 saturated heterocycles. The van der Waals surface area contributed by atoms with Gasteiger partial charge in [0.05, 0.1) is 13.7 Å². The van der Waals surface area contributed by atoms with Gasteiger partial charge in [0.15, 0.2) is 5.96 Å². The molecule has 3 N–H and O–H groups in total. The SMILES string of the molecule is COc1cccc(NC(N)=NCc2cc(F)ccc2Br)c1. The van der Waals surface area contributed by atoms with Crippen molar-refractivity contribution in [3.63, 3.8) is 0 Å². The fraction of sp³-hybridized carbons (Fsp3) is 0.133. The summed E-state index contributed by atoms with van der Waals surface area (Å²) in [6.45, 7) is 0.279. The monoisotopic (exact) mass is 351 g/mol. The summed E-state index contributed by atoms with van der Waals surface area (Å²) in [5, 5.41) is 2.96. The highest BCUT2D eigenvalue weighted by Gasteiger charge is 2.02. The lowest BCUT2D eigenvalue weighted by atomic mass is 10.2. The maximum atomic E-state index is 13.2. The van der Waals surface area contributed by atoms with Crippen LogP contribution in [0.25, 0.3) is 0 Å². The molecule has 2 aromatic carbocycles. The number of nitrogens with zero attached hydrogens (tertiary/aromatic N) is 1. The van der Waals surface area contributed by atoms with Crippen molar-refractivity contribution in [3.8, 4) is 5.75 Å². The predicted octanol–water partition coefficient (Wildman–Crippen LogP) is 3.52. The van der Waals surface area contributed by atoms with Crippen LogP contribution in [0.5, 0.6) is 5.75 Å². The molecular weight excluding hydrogens is 337 g/mol. The first kappa shape index (κ1) is 15.3. The van der Waals surface area contributed by atoms with E-state index in [0.717, 1.165) is 21.5 Å². The average molecular weight is 352 g/mol. The predicted molar refractivity (Wildman–Crippen MR) is 86.0 cm³/mol. The number of guanidine groups is 1. The number of halogens is 2. The number of methoxy groups -OCH3 is 1. The zero-order valence-electron chi connectivity index (χ0n) is 11.4. The molecule has 0 unspecified atom stereocenters. The van der Waals surface area contributed by atoms with Crippen LogP contribution >= 0.6 is 15.9 Å². The van der Waals surface area contributed by atoms with E-state index in [1.54, 1.807) is 19.2 Å². The lowest BCUT2D eigenvalue weighted by molar-refractivity contribution is 0.415. The molecule has 0 bridgehead atoms. The van der Waals surface area contributed by atoms with Crippen molar-refractivity contribution in [2.75, 3.05) is 12.4 Å². The Morgan fingerprint density at radius 1 is 1.33 bits per heavy atom. The average Bonchev–Trinajstić information content (AvgIpc) is 2.48. The fourth-order valence-electron chi connectivity index (χ4n) is 1.72. The Hall–Kier alpha value is -2.08. The lowest BCUT2D eigenvalue weighted by Gasteiger charge is -2.08. The van der Waals surface area contributed by atoms with Crippen molar-refractivity contribution in [1.82, 2.24) is 0 Å². The van der Waals surface area contributed by atoms with Crippen LogP contribution in [0.3, 0.4) is 0 Å². The minimum absolute atomic E-state index is 0.249. The van der Waals surface area contributed by atoms with Gasteiger partial charge >= 0.3 is 0 Å². The summed E-state index contributed by atoms with van der Waals surface area (Å²) in [4.78, 5) is 4.19. The van der Waals surface area contributed by atoms with Gasteiger partial charge < -0.3 is 15.8 Å². The molecule has 0 aliphatic heterocycles. The number of aliphatic imine (C=N–C) groups is 1. The maximum absolute atomic E-state index is 13.2. The normalized spacial score (nSPS) is 11.3. The molecular formula is C15H15BrFN3O. The Morgan fingerprint density at radius 2 is 2.14 bits per heavy atom. The summed E-state index contributed by atoms with van der Waals surface area (Å²) < 4.78 is 19.1. The molecule has 0 fully saturated rings. The van der Waals surface area contributed by atoms with Crippen molar-refractivity contribution < 1.29 is 9.13 Å². The maximum Gasteiger partial charge on any atom is 0.193 e. The van der Waals surface area contributed by atoms with Crippen LogP contribution in [0.15, 0.2) is 51.9 Å². The Labute approximate surface area is 131 Å². The number of nitrogens with two attached hydrogens (primary N) is 1. The van der Waals surface area contributed by atoms with Gasteiger partial charge in [-0.1, -0.05) is 22.0 Å². The molecule has 0 radical (unpaired) electrons. The molecule has 0 aromatic heterocycles. The molecule has 0 atom stereocenters. The van der Waals surface area contributed by atoms with E-state index in [2.05, 4.69) is 26.2 Å². The van der Waals surface area contributed by atoms with Crippen LogP contribution in [0.2, 0.25) is 0 Å². The van der Waals surface area contributed by atoms with Crippen molar-refractivity contribution >= 4 is 27.6 Å². The smallest absolute Gasteiger partial charge is 0.193 e. The largest absolute Gasteiger partial charge is 0.497 e. The Bertz CT molecular complexity index is 661. The van der Waals surface area contributed by atoms with Gasteiger partial charge in [0, 0.05) is 16.2 Å². The third-order valence-electron chi connectivity index (χ3n) is 2.77. The molecule has 4 nitrogen and oxygen atoms in total. The zero-order valence-corrected chi connectivity index (χ0v) is 13.0. The fourth-order valence-corrected chi connectivity index (χ4v) is 2.10. The highest BCUT2D eigenvalue weighted by Crippen LogP contribution is 2.19. The van der Waals surface area contributed by atoms with Crippen molar-refractivity contribution in [1.29, 1.82) is 0 Å². The molecule has 2 aromatic rings. The summed E-state index contributed by atoms with van der Waals surface area (Å²) in [5.74, 6) is 0.669. The highest BCUT2D eigenvalue weighted by molar-refractivity contribution is 9.10. The Balaban J connectivity index is 2.05. The number of hydrogen-bond acceptors (Lipinski definition) is 2. The number of anilines is 1. The van der Waals surface area contributed by atoms with Gasteiger partial charge in [-0.2, -0.15) is 0 Å². The number of ether oxygens (including phenoxy) is 1. The molecule has 0 aliphatic carbocycles.